The molecular weight excluding hydrogens is 208 g/mol. The number of morpholine rings is 1. The molecule has 1 atom stereocenters. The summed E-state index contributed by atoms with van der Waals surface area (Å²) in [4.78, 5) is 14.0. The molecule has 88 valence electrons. The average Bonchev–Trinajstić information content (AvgIpc) is 2.58. The second kappa shape index (κ2) is 4.13. The van der Waals surface area contributed by atoms with Gasteiger partial charge in [-0.1, -0.05) is 0 Å². The van der Waals surface area contributed by atoms with Crippen LogP contribution in [0.4, 0.5) is 5.69 Å². The Morgan fingerprint density at radius 3 is 3.00 bits per heavy atom. The lowest BCUT2D eigenvalue weighted by Gasteiger charge is -2.33. The monoisotopic (exact) mass is 224 g/mol. The van der Waals surface area contributed by atoms with E-state index in [1.54, 1.807) is 11.9 Å². The Kier molecular flexibility index (Phi) is 2.82. The van der Waals surface area contributed by atoms with Crippen molar-refractivity contribution in [1.29, 1.82) is 0 Å². The number of rotatable bonds is 1. The number of carbonyl (C=O) groups excluding carboxylic acids is 1. The first-order valence-electron chi connectivity index (χ1n) is 5.27. The van der Waals surface area contributed by atoms with Gasteiger partial charge in [-0.25, -0.2) is 0 Å². The SMILES string of the molecule is C[C@@H]1COCCN1C(=O)c1c(N)cnn1C. The minimum absolute atomic E-state index is 0.0756. The number of nitrogens with zero attached hydrogens (tertiary/aromatic N) is 3. The average molecular weight is 224 g/mol. The Morgan fingerprint density at radius 1 is 1.69 bits per heavy atom. The molecule has 2 rings (SSSR count). The summed E-state index contributed by atoms with van der Waals surface area (Å²) in [5.74, 6) is -0.0756. The molecule has 0 spiro atoms. The second-order valence-electron chi connectivity index (χ2n) is 3.99. The first-order chi connectivity index (χ1) is 7.61. The number of anilines is 1. The van der Waals surface area contributed by atoms with E-state index in [-0.39, 0.29) is 11.9 Å². The zero-order valence-electron chi connectivity index (χ0n) is 9.51. The highest BCUT2D eigenvalue weighted by Crippen LogP contribution is 2.16. The van der Waals surface area contributed by atoms with Crippen molar-refractivity contribution in [2.24, 2.45) is 7.05 Å². The summed E-state index contributed by atoms with van der Waals surface area (Å²) in [7, 11) is 1.72. The molecule has 1 saturated heterocycles. The molecule has 2 heterocycles. The summed E-state index contributed by atoms with van der Waals surface area (Å²) in [6, 6.07) is 0.0792. The van der Waals surface area contributed by atoms with Crippen molar-refractivity contribution >= 4 is 11.6 Å². The van der Waals surface area contributed by atoms with Gasteiger partial charge in [0.25, 0.3) is 5.91 Å². The van der Waals surface area contributed by atoms with E-state index in [1.165, 1.54) is 10.9 Å². The van der Waals surface area contributed by atoms with Crippen molar-refractivity contribution < 1.29 is 9.53 Å². The van der Waals surface area contributed by atoms with E-state index in [0.29, 0.717) is 31.1 Å². The van der Waals surface area contributed by atoms with Crippen LogP contribution >= 0.6 is 0 Å². The normalized spacial score (nSPS) is 21.1. The maximum Gasteiger partial charge on any atom is 0.274 e. The fourth-order valence-electron chi connectivity index (χ4n) is 1.88. The molecular formula is C10H16N4O2. The molecule has 1 aromatic rings. The van der Waals surface area contributed by atoms with Gasteiger partial charge < -0.3 is 15.4 Å². The molecule has 1 aromatic heterocycles. The summed E-state index contributed by atoms with van der Waals surface area (Å²) in [5, 5.41) is 3.97. The second-order valence-corrected chi connectivity index (χ2v) is 3.99. The van der Waals surface area contributed by atoms with E-state index in [2.05, 4.69) is 5.10 Å². The summed E-state index contributed by atoms with van der Waals surface area (Å²) >= 11 is 0. The van der Waals surface area contributed by atoms with Gasteiger partial charge in [0.1, 0.15) is 5.69 Å². The van der Waals surface area contributed by atoms with E-state index >= 15 is 0 Å². The van der Waals surface area contributed by atoms with E-state index in [4.69, 9.17) is 10.5 Å². The molecule has 1 amide bonds. The summed E-state index contributed by atoms with van der Waals surface area (Å²) in [5.41, 5.74) is 6.61. The number of amides is 1. The van der Waals surface area contributed by atoms with Crippen LogP contribution in [0.3, 0.4) is 0 Å². The van der Waals surface area contributed by atoms with Gasteiger partial charge in [0.05, 0.1) is 31.1 Å². The largest absolute Gasteiger partial charge is 0.396 e. The number of hydrogen-bond acceptors (Lipinski definition) is 4. The van der Waals surface area contributed by atoms with Gasteiger partial charge in [-0.3, -0.25) is 9.48 Å². The molecule has 0 aromatic carbocycles. The number of ether oxygens (including phenoxy) is 1. The lowest BCUT2D eigenvalue weighted by Crippen LogP contribution is -2.47. The molecule has 6 heteroatoms. The fourth-order valence-corrected chi connectivity index (χ4v) is 1.88. The van der Waals surface area contributed by atoms with Crippen LogP contribution in [0.15, 0.2) is 6.20 Å². The summed E-state index contributed by atoms with van der Waals surface area (Å²) in [6.07, 6.45) is 1.50. The van der Waals surface area contributed by atoms with Crippen LogP contribution in [0.1, 0.15) is 17.4 Å². The quantitative estimate of drug-likeness (QED) is 0.720. The molecule has 1 fully saturated rings. The molecule has 16 heavy (non-hydrogen) atoms. The van der Waals surface area contributed by atoms with Gasteiger partial charge in [-0.2, -0.15) is 5.10 Å². The maximum atomic E-state index is 12.2. The van der Waals surface area contributed by atoms with E-state index in [9.17, 15) is 4.79 Å². The van der Waals surface area contributed by atoms with Gasteiger partial charge in [0, 0.05) is 13.6 Å². The third-order valence-electron chi connectivity index (χ3n) is 2.80. The number of carbonyl (C=O) groups is 1. The zero-order valence-corrected chi connectivity index (χ0v) is 9.51. The third-order valence-corrected chi connectivity index (χ3v) is 2.80. The Balaban J connectivity index is 2.24. The Hall–Kier alpha value is -1.56. The smallest absolute Gasteiger partial charge is 0.274 e. The summed E-state index contributed by atoms with van der Waals surface area (Å²) in [6.45, 7) is 3.71. The molecule has 0 radical (unpaired) electrons. The van der Waals surface area contributed by atoms with Crippen molar-refractivity contribution in [2.45, 2.75) is 13.0 Å². The van der Waals surface area contributed by atoms with Crippen LogP contribution in [0.25, 0.3) is 0 Å². The van der Waals surface area contributed by atoms with Crippen LogP contribution in [0.2, 0.25) is 0 Å². The van der Waals surface area contributed by atoms with E-state index in [0.717, 1.165) is 0 Å². The predicted octanol–water partition coefficient (Wildman–Crippen LogP) is -0.137. The maximum absolute atomic E-state index is 12.2. The molecule has 1 aliphatic rings. The topological polar surface area (TPSA) is 73.4 Å². The number of nitrogens with two attached hydrogens (primary N) is 1. The van der Waals surface area contributed by atoms with Crippen molar-refractivity contribution in [3.8, 4) is 0 Å². The first-order valence-corrected chi connectivity index (χ1v) is 5.27. The van der Waals surface area contributed by atoms with Gasteiger partial charge in [-0.15, -0.1) is 0 Å². The molecule has 0 saturated carbocycles. The number of aryl methyl sites for hydroxylation is 1. The minimum atomic E-state index is -0.0756. The third kappa shape index (κ3) is 1.76. The molecule has 1 aliphatic heterocycles. The van der Waals surface area contributed by atoms with Crippen LogP contribution in [-0.2, 0) is 11.8 Å². The summed E-state index contributed by atoms with van der Waals surface area (Å²) < 4.78 is 6.81. The molecule has 0 unspecified atom stereocenters. The number of nitrogen functional groups attached to an aromatic ring is 1. The number of hydrogen-bond donors (Lipinski definition) is 1. The zero-order chi connectivity index (χ0) is 11.7. The van der Waals surface area contributed by atoms with Crippen molar-refractivity contribution in [3.63, 3.8) is 0 Å². The van der Waals surface area contributed by atoms with Gasteiger partial charge in [0.15, 0.2) is 0 Å². The van der Waals surface area contributed by atoms with Crippen molar-refractivity contribution in [3.05, 3.63) is 11.9 Å². The molecule has 0 aliphatic carbocycles. The van der Waals surface area contributed by atoms with Crippen LogP contribution in [0, 0.1) is 0 Å². The molecule has 6 nitrogen and oxygen atoms in total. The molecule has 2 N–H and O–H groups in total. The van der Waals surface area contributed by atoms with Gasteiger partial charge >= 0.3 is 0 Å². The molecule has 0 bridgehead atoms. The lowest BCUT2D eigenvalue weighted by molar-refractivity contribution is 0.00307. The Bertz CT molecular complexity index is 382. The lowest BCUT2D eigenvalue weighted by atomic mass is 10.2. The highest BCUT2D eigenvalue weighted by molar-refractivity contribution is 5.97. The van der Waals surface area contributed by atoms with Crippen LogP contribution < -0.4 is 5.73 Å². The van der Waals surface area contributed by atoms with Gasteiger partial charge in [0.2, 0.25) is 0 Å². The highest BCUT2D eigenvalue weighted by atomic mass is 16.5. The van der Waals surface area contributed by atoms with Crippen LogP contribution in [-0.4, -0.2) is 46.4 Å². The van der Waals surface area contributed by atoms with E-state index in [1.807, 2.05) is 6.92 Å². The van der Waals surface area contributed by atoms with Gasteiger partial charge in [-0.05, 0) is 6.92 Å². The first kappa shape index (κ1) is 10.9. The van der Waals surface area contributed by atoms with Crippen molar-refractivity contribution in [1.82, 2.24) is 14.7 Å². The fraction of sp³-hybridized carbons (Fsp3) is 0.600. The standard InChI is InChI=1S/C10H16N4O2/c1-7-6-16-4-3-14(7)10(15)9-8(11)5-12-13(9)2/h5,7H,3-4,6,11H2,1-2H3/t7-/m1/s1. The van der Waals surface area contributed by atoms with Crippen LogP contribution in [0.5, 0.6) is 0 Å². The van der Waals surface area contributed by atoms with E-state index < -0.39 is 0 Å². The Morgan fingerprint density at radius 2 is 2.44 bits per heavy atom. The van der Waals surface area contributed by atoms with Crippen molar-refractivity contribution in [2.75, 3.05) is 25.5 Å². The predicted molar refractivity (Wildman–Crippen MR) is 58.9 cm³/mol. The highest BCUT2D eigenvalue weighted by Gasteiger charge is 2.27. The number of aromatic nitrogens is 2. The Labute approximate surface area is 94.0 Å². The minimum Gasteiger partial charge on any atom is -0.396 e.